The number of carbonyl (C=O) groups excluding carboxylic acids is 1. The zero-order chi connectivity index (χ0) is 27.5. The Balaban J connectivity index is 1.64. The maximum absolute atomic E-state index is 13.5. The van der Waals surface area contributed by atoms with Crippen LogP contribution in [0.5, 0.6) is 17.2 Å². The van der Waals surface area contributed by atoms with Crippen LogP contribution in [0.15, 0.2) is 75.0 Å². The Bertz CT molecular complexity index is 1790. The van der Waals surface area contributed by atoms with Gasteiger partial charge in [-0.25, -0.2) is 4.98 Å². The number of aromatic nitrogens is 2. The normalized spacial score (nSPS) is 11.4. The van der Waals surface area contributed by atoms with Crippen molar-refractivity contribution in [1.82, 2.24) is 9.66 Å². The van der Waals surface area contributed by atoms with Crippen molar-refractivity contribution in [3.63, 3.8) is 0 Å². The van der Waals surface area contributed by atoms with Crippen LogP contribution in [0, 0.1) is 0 Å². The van der Waals surface area contributed by atoms with Gasteiger partial charge in [0.25, 0.3) is 11.5 Å². The fourth-order valence-electron chi connectivity index (χ4n) is 4.05. The lowest BCUT2D eigenvalue weighted by molar-refractivity contribution is -0.119. The van der Waals surface area contributed by atoms with Crippen molar-refractivity contribution in [2.24, 2.45) is 10.8 Å². The van der Waals surface area contributed by atoms with E-state index in [4.69, 9.17) is 36.0 Å². The Morgan fingerprint density at radius 1 is 1.10 bits per heavy atom. The summed E-state index contributed by atoms with van der Waals surface area (Å²) in [6, 6.07) is 17.3. The molecule has 2 heterocycles. The largest absolute Gasteiger partial charge is 0.496 e. The minimum Gasteiger partial charge on any atom is -0.496 e. The zero-order valence-electron chi connectivity index (χ0n) is 21.0. The van der Waals surface area contributed by atoms with Gasteiger partial charge in [-0.1, -0.05) is 29.8 Å². The summed E-state index contributed by atoms with van der Waals surface area (Å²) in [4.78, 5) is 29.4. The van der Waals surface area contributed by atoms with Gasteiger partial charge in [-0.05, 0) is 55.0 Å². The Morgan fingerprint density at radius 2 is 1.92 bits per heavy atom. The highest BCUT2D eigenvalue weighted by molar-refractivity contribution is 6.32. The number of primary amides is 1. The summed E-state index contributed by atoms with van der Waals surface area (Å²) in [7, 11) is 1.57. The Morgan fingerprint density at radius 3 is 2.69 bits per heavy atom. The third-order valence-corrected chi connectivity index (χ3v) is 6.01. The predicted molar refractivity (Wildman–Crippen MR) is 148 cm³/mol. The van der Waals surface area contributed by atoms with Crippen molar-refractivity contribution >= 4 is 45.6 Å². The molecule has 0 atom stereocenters. The lowest BCUT2D eigenvalue weighted by Crippen LogP contribution is -2.20. The summed E-state index contributed by atoms with van der Waals surface area (Å²) in [5.74, 6) is 0.969. The van der Waals surface area contributed by atoms with Gasteiger partial charge in [-0.15, -0.1) is 0 Å². The fraction of sp³-hybridized carbons (Fsp3) is 0.143. The summed E-state index contributed by atoms with van der Waals surface area (Å²) >= 11 is 6.42. The van der Waals surface area contributed by atoms with Gasteiger partial charge >= 0.3 is 0 Å². The Kier molecular flexibility index (Phi) is 7.20. The minimum absolute atomic E-state index is 0.177. The van der Waals surface area contributed by atoms with Crippen LogP contribution in [0.3, 0.4) is 0 Å². The summed E-state index contributed by atoms with van der Waals surface area (Å²) in [6.07, 6.45) is 1.44. The molecule has 0 bridgehead atoms. The first-order valence-corrected chi connectivity index (χ1v) is 12.3. The first-order valence-electron chi connectivity index (χ1n) is 11.9. The third-order valence-electron chi connectivity index (χ3n) is 5.73. The molecule has 2 aromatic heterocycles. The number of rotatable bonds is 9. The van der Waals surface area contributed by atoms with Crippen molar-refractivity contribution in [1.29, 1.82) is 0 Å². The second-order valence-corrected chi connectivity index (χ2v) is 8.72. The Hall–Kier alpha value is -4.83. The average Bonchev–Trinajstić information content (AvgIpc) is 3.36. The van der Waals surface area contributed by atoms with E-state index >= 15 is 0 Å². The summed E-state index contributed by atoms with van der Waals surface area (Å²) in [5.41, 5.74) is 6.37. The molecule has 5 aromatic rings. The van der Waals surface area contributed by atoms with Crippen LogP contribution in [0.25, 0.3) is 33.5 Å². The summed E-state index contributed by atoms with van der Waals surface area (Å²) in [5, 5.41) is 5.75. The molecular weight excluding hydrogens is 524 g/mol. The Labute approximate surface area is 227 Å². The van der Waals surface area contributed by atoms with Crippen LogP contribution in [-0.2, 0) is 4.79 Å². The average molecular weight is 547 g/mol. The van der Waals surface area contributed by atoms with Gasteiger partial charge in [-0.2, -0.15) is 9.78 Å². The lowest BCUT2D eigenvalue weighted by atomic mass is 10.2. The molecule has 0 aliphatic carbocycles. The van der Waals surface area contributed by atoms with Gasteiger partial charge < -0.3 is 24.4 Å². The number of hydrogen-bond acceptors (Lipinski definition) is 8. The topological polar surface area (TPSA) is 131 Å². The molecule has 0 unspecified atom stereocenters. The van der Waals surface area contributed by atoms with Crippen molar-refractivity contribution in [3.05, 3.63) is 81.6 Å². The van der Waals surface area contributed by atoms with E-state index in [1.807, 2.05) is 12.1 Å². The molecule has 39 heavy (non-hydrogen) atoms. The van der Waals surface area contributed by atoms with Crippen LogP contribution in [0.4, 0.5) is 0 Å². The molecule has 0 saturated heterocycles. The highest BCUT2D eigenvalue weighted by Crippen LogP contribution is 2.37. The molecule has 3 aromatic carbocycles. The maximum atomic E-state index is 13.5. The number of halogens is 1. The predicted octanol–water partition coefficient (Wildman–Crippen LogP) is 4.62. The smallest absolute Gasteiger partial charge is 0.282 e. The molecule has 0 radical (unpaired) electrons. The maximum Gasteiger partial charge on any atom is 0.282 e. The zero-order valence-corrected chi connectivity index (χ0v) is 21.8. The molecule has 5 rings (SSSR count). The lowest BCUT2D eigenvalue weighted by Gasteiger charge is -2.13. The standard InChI is InChI=1S/C28H23ClN4O6/c1-3-37-23-12-16(11-19(29)26(23)38-15-25(30)34)14-31-33-27(32-20-8-5-4-7-17(20)28(33)35)24-13-18-21(36-2)9-6-10-22(18)39-24/h4-14H,3,15H2,1-2H3,(H2,30,34). The van der Waals surface area contributed by atoms with Crippen LogP contribution in [0.1, 0.15) is 12.5 Å². The number of hydrogen-bond donors (Lipinski definition) is 1. The third kappa shape index (κ3) is 5.14. The van der Waals surface area contributed by atoms with E-state index in [0.29, 0.717) is 45.9 Å². The molecule has 0 aliphatic rings. The highest BCUT2D eigenvalue weighted by Gasteiger charge is 2.18. The number of furan rings is 1. The number of methoxy groups -OCH3 is 1. The van der Waals surface area contributed by atoms with Gasteiger partial charge in [0.05, 0.1) is 41.2 Å². The molecular formula is C28H23ClN4O6. The van der Waals surface area contributed by atoms with Gasteiger partial charge in [0, 0.05) is 0 Å². The number of fused-ring (bicyclic) bond motifs is 2. The van der Waals surface area contributed by atoms with Gasteiger partial charge in [0.1, 0.15) is 11.3 Å². The second kappa shape index (κ2) is 10.9. The molecule has 198 valence electrons. The van der Waals surface area contributed by atoms with Crippen molar-refractivity contribution in [2.45, 2.75) is 6.92 Å². The first-order chi connectivity index (χ1) is 18.9. The van der Waals surface area contributed by atoms with Crippen molar-refractivity contribution in [2.75, 3.05) is 20.3 Å². The molecule has 1 amide bonds. The van der Waals surface area contributed by atoms with E-state index in [1.165, 1.54) is 6.21 Å². The van der Waals surface area contributed by atoms with Gasteiger partial charge in [0.15, 0.2) is 23.9 Å². The SMILES string of the molecule is CCOc1cc(C=Nn2c(-c3cc4c(OC)cccc4o3)nc3ccccc3c2=O)cc(Cl)c1OCC(N)=O. The van der Waals surface area contributed by atoms with Crippen LogP contribution < -0.4 is 25.5 Å². The van der Waals surface area contributed by atoms with Gasteiger partial charge in [0.2, 0.25) is 5.82 Å². The van der Waals surface area contributed by atoms with Crippen LogP contribution in [0.2, 0.25) is 5.02 Å². The quantitative estimate of drug-likeness (QED) is 0.267. The number of benzene rings is 3. The van der Waals surface area contributed by atoms with Crippen LogP contribution >= 0.6 is 11.6 Å². The summed E-state index contributed by atoms with van der Waals surface area (Å²) < 4.78 is 23.7. The van der Waals surface area contributed by atoms with E-state index in [-0.39, 0.29) is 23.2 Å². The van der Waals surface area contributed by atoms with E-state index in [0.717, 1.165) is 10.1 Å². The number of nitrogens with zero attached hydrogens (tertiary/aromatic N) is 3. The number of carbonyl (C=O) groups is 1. The van der Waals surface area contributed by atoms with E-state index in [1.54, 1.807) is 62.6 Å². The van der Waals surface area contributed by atoms with Crippen molar-refractivity contribution < 1.29 is 23.4 Å². The molecule has 10 nitrogen and oxygen atoms in total. The molecule has 0 saturated carbocycles. The van der Waals surface area contributed by atoms with E-state index in [9.17, 15) is 9.59 Å². The molecule has 0 aliphatic heterocycles. The number of nitrogens with two attached hydrogens (primary N) is 1. The molecule has 0 spiro atoms. The first kappa shape index (κ1) is 25.8. The minimum atomic E-state index is -0.655. The van der Waals surface area contributed by atoms with E-state index < -0.39 is 11.5 Å². The molecule has 2 N–H and O–H groups in total. The molecule has 11 heteroatoms. The van der Waals surface area contributed by atoms with Crippen molar-refractivity contribution in [3.8, 4) is 28.8 Å². The number of ether oxygens (including phenoxy) is 3. The highest BCUT2D eigenvalue weighted by atomic mass is 35.5. The van der Waals surface area contributed by atoms with Gasteiger partial charge in [-0.3, -0.25) is 9.59 Å². The number of para-hydroxylation sites is 1. The summed E-state index contributed by atoms with van der Waals surface area (Å²) in [6.45, 7) is 1.75. The van der Waals surface area contributed by atoms with Crippen LogP contribution in [-0.4, -0.2) is 42.1 Å². The number of amides is 1. The fourth-order valence-corrected chi connectivity index (χ4v) is 4.32. The second-order valence-electron chi connectivity index (χ2n) is 8.31. The molecule has 0 fully saturated rings. The monoisotopic (exact) mass is 546 g/mol. The van der Waals surface area contributed by atoms with E-state index in [2.05, 4.69) is 10.1 Å².